The van der Waals surface area contributed by atoms with Crippen LogP contribution in [0.15, 0.2) is 34.4 Å². The number of thiazole rings is 1. The van der Waals surface area contributed by atoms with E-state index in [4.69, 9.17) is 9.47 Å². The van der Waals surface area contributed by atoms with Crippen LogP contribution in [0.1, 0.15) is 19.0 Å². The monoisotopic (exact) mass is 364 g/mol. The van der Waals surface area contributed by atoms with Crippen LogP contribution in [-0.4, -0.2) is 29.7 Å². The van der Waals surface area contributed by atoms with Crippen LogP contribution in [0.3, 0.4) is 0 Å². The van der Waals surface area contributed by atoms with Crippen LogP contribution in [0.25, 0.3) is 0 Å². The van der Waals surface area contributed by atoms with Crippen molar-refractivity contribution in [2.24, 2.45) is 0 Å². The summed E-state index contributed by atoms with van der Waals surface area (Å²) in [5.74, 6) is -0.284. The molecule has 0 fully saturated rings. The number of hydrogen-bond acceptors (Lipinski definition) is 6. The summed E-state index contributed by atoms with van der Waals surface area (Å²) in [4.78, 5) is 35.4. The lowest BCUT2D eigenvalue weighted by atomic mass is 10.3. The van der Waals surface area contributed by atoms with Crippen molar-refractivity contribution in [2.45, 2.75) is 32.9 Å². The van der Waals surface area contributed by atoms with Crippen LogP contribution in [0.4, 0.5) is 5.69 Å². The fourth-order valence-electron chi connectivity index (χ4n) is 2.11. The smallest absolute Gasteiger partial charge is 0.308 e. The summed E-state index contributed by atoms with van der Waals surface area (Å²) in [7, 11) is 1.56. The Morgan fingerprint density at radius 2 is 1.96 bits per heavy atom. The van der Waals surface area contributed by atoms with Gasteiger partial charge in [0, 0.05) is 23.3 Å². The van der Waals surface area contributed by atoms with Gasteiger partial charge in [-0.15, -0.1) is 0 Å². The van der Waals surface area contributed by atoms with Gasteiger partial charge in [-0.1, -0.05) is 11.3 Å². The maximum atomic E-state index is 12.1. The molecule has 134 valence electrons. The van der Waals surface area contributed by atoms with E-state index in [0.29, 0.717) is 11.4 Å². The third-order valence-electron chi connectivity index (χ3n) is 3.55. The number of ether oxygens (including phenoxy) is 2. The SMILES string of the molecule is COc1ccc(NC(=O)C(C)OC(=O)CCn2c(C)csc2=O)cc1. The van der Waals surface area contributed by atoms with E-state index in [0.717, 1.165) is 17.0 Å². The molecule has 0 spiro atoms. The zero-order chi connectivity index (χ0) is 18.4. The minimum atomic E-state index is -0.935. The lowest BCUT2D eigenvalue weighted by Gasteiger charge is -2.14. The van der Waals surface area contributed by atoms with Gasteiger partial charge in [-0.25, -0.2) is 0 Å². The summed E-state index contributed by atoms with van der Waals surface area (Å²) in [6, 6.07) is 6.81. The first-order valence-corrected chi connectivity index (χ1v) is 8.58. The molecule has 7 nitrogen and oxygen atoms in total. The molecule has 0 saturated carbocycles. The molecule has 1 heterocycles. The number of aromatic nitrogens is 1. The van der Waals surface area contributed by atoms with E-state index in [1.54, 1.807) is 43.7 Å². The molecule has 0 aliphatic rings. The number of nitrogens with one attached hydrogen (secondary N) is 1. The topological polar surface area (TPSA) is 86.6 Å². The van der Waals surface area contributed by atoms with Gasteiger partial charge >= 0.3 is 10.8 Å². The fourth-order valence-corrected chi connectivity index (χ4v) is 2.87. The lowest BCUT2D eigenvalue weighted by molar-refractivity contribution is -0.153. The molecule has 1 aromatic carbocycles. The molecule has 0 bridgehead atoms. The van der Waals surface area contributed by atoms with Crippen molar-refractivity contribution in [2.75, 3.05) is 12.4 Å². The van der Waals surface area contributed by atoms with Crippen molar-refractivity contribution < 1.29 is 19.1 Å². The Labute approximate surface area is 149 Å². The minimum Gasteiger partial charge on any atom is -0.497 e. The molecule has 1 aromatic heterocycles. The van der Waals surface area contributed by atoms with Crippen LogP contribution in [0.5, 0.6) is 5.75 Å². The van der Waals surface area contributed by atoms with Crippen molar-refractivity contribution in [3.05, 3.63) is 45.0 Å². The Hall–Kier alpha value is -2.61. The maximum Gasteiger partial charge on any atom is 0.308 e. The third kappa shape index (κ3) is 5.18. The van der Waals surface area contributed by atoms with Crippen LogP contribution in [0, 0.1) is 6.92 Å². The van der Waals surface area contributed by atoms with Gasteiger partial charge in [0.25, 0.3) is 5.91 Å². The number of carbonyl (C=O) groups excluding carboxylic acids is 2. The Balaban J connectivity index is 1.83. The molecule has 0 radical (unpaired) electrons. The van der Waals surface area contributed by atoms with E-state index in [-0.39, 0.29) is 17.8 Å². The standard InChI is InChI=1S/C17H20N2O5S/c1-11-10-25-17(22)19(11)9-8-15(20)24-12(2)16(21)18-13-4-6-14(23-3)7-5-13/h4-7,10,12H,8-9H2,1-3H3,(H,18,21). The quantitative estimate of drug-likeness (QED) is 0.761. The Morgan fingerprint density at radius 3 is 2.52 bits per heavy atom. The van der Waals surface area contributed by atoms with Crippen molar-refractivity contribution in [1.82, 2.24) is 4.57 Å². The first-order chi connectivity index (χ1) is 11.9. The number of benzene rings is 1. The van der Waals surface area contributed by atoms with E-state index in [1.807, 2.05) is 0 Å². The first kappa shape index (κ1) is 18.7. The Kier molecular flexibility index (Phi) is 6.35. The predicted octanol–water partition coefficient (Wildman–Crippen LogP) is 2.19. The van der Waals surface area contributed by atoms with E-state index in [9.17, 15) is 14.4 Å². The van der Waals surface area contributed by atoms with E-state index in [2.05, 4.69) is 5.32 Å². The molecule has 1 N–H and O–H groups in total. The molecule has 1 amide bonds. The highest BCUT2D eigenvalue weighted by Gasteiger charge is 2.18. The van der Waals surface area contributed by atoms with E-state index in [1.165, 1.54) is 11.5 Å². The normalized spacial score (nSPS) is 11.6. The van der Waals surface area contributed by atoms with Crippen LogP contribution >= 0.6 is 11.3 Å². The number of carbonyl (C=O) groups is 2. The minimum absolute atomic E-state index is 0.0254. The molecule has 1 unspecified atom stereocenters. The molecule has 25 heavy (non-hydrogen) atoms. The zero-order valence-corrected chi connectivity index (χ0v) is 15.1. The second-order valence-corrected chi connectivity index (χ2v) is 6.22. The Morgan fingerprint density at radius 1 is 1.28 bits per heavy atom. The van der Waals surface area contributed by atoms with Gasteiger partial charge in [0.2, 0.25) is 0 Å². The van der Waals surface area contributed by atoms with Crippen molar-refractivity contribution in [3.8, 4) is 5.75 Å². The predicted molar refractivity (Wildman–Crippen MR) is 95.1 cm³/mol. The summed E-state index contributed by atoms with van der Waals surface area (Å²) in [5, 5.41) is 4.40. The van der Waals surface area contributed by atoms with Crippen molar-refractivity contribution in [3.63, 3.8) is 0 Å². The summed E-state index contributed by atoms with van der Waals surface area (Å²) in [6.45, 7) is 3.53. The number of aryl methyl sites for hydroxylation is 1. The van der Waals surface area contributed by atoms with Crippen molar-refractivity contribution >= 4 is 28.9 Å². The van der Waals surface area contributed by atoms with Crippen LogP contribution in [0.2, 0.25) is 0 Å². The molecule has 2 aromatic rings. The average Bonchev–Trinajstić information content (AvgIpc) is 2.91. The molecular weight excluding hydrogens is 344 g/mol. The van der Waals surface area contributed by atoms with Gasteiger partial charge in [-0.2, -0.15) is 0 Å². The van der Waals surface area contributed by atoms with Gasteiger partial charge in [0.15, 0.2) is 6.10 Å². The first-order valence-electron chi connectivity index (χ1n) is 7.70. The number of rotatable bonds is 7. The largest absolute Gasteiger partial charge is 0.497 e. The molecule has 1 atom stereocenters. The van der Waals surface area contributed by atoms with Crippen LogP contribution in [-0.2, 0) is 20.9 Å². The number of esters is 1. The molecule has 0 aliphatic carbocycles. The third-order valence-corrected chi connectivity index (χ3v) is 4.43. The highest BCUT2D eigenvalue weighted by atomic mass is 32.1. The number of amides is 1. The second-order valence-electron chi connectivity index (χ2n) is 5.39. The fraction of sp³-hybridized carbons (Fsp3) is 0.353. The molecular formula is C17H20N2O5S. The van der Waals surface area contributed by atoms with Gasteiger partial charge in [0.1, 0.15) is 5.75 Å². The number of methoxy groups -OCH3 is 1. The van der Waals surface area contributed by atoms with E-state index >= 15 is 0 Å². The lowest BCUT2D eigenvalue weighted by Crippen LogP contribution is -2.30. The summed E-state index contributed by atoms with van der Waals surface area (Å²) in [5.41, 5.74) is 1.38. The summed E-state index contributed by atoms with van der Waals surface area (Å²) in [6.07, 6.45) is -0.910. The van der Waals surface area contributed by atoms with Gasteiger partial charge in [-0.05, 0) is 38.1 Å². The molecule has 2 rings (SSSR count). The van der Waals surface area contributed by atoms with Gasteiger partial charge < -0.3 is 19.4 Å². The second kappa shape index (κ2) is 8.48. The number of hydrogen-bond donors (Lipinski definition) is 1. The van der Waals surface area contributed by atoms with Gasteiger partial charge in [0.05, 0.1) is 13.5 Å². The number of nitrogens with zero attached hydrogens (tertiary/aromatic N) is 1. The average molecular weight is 364 g/mol. The molecule has 0 saturated heterocycles. The highest BCUT2D eigenvalue weighted by Crippen LogP contribution is 2.15. The van der Waals surface area contributed by atoms with Crippen LogP contribution < -0.4 is 14.9 Å². The molecule has 8 heteroatoms. The van der Waals surface area contributed by atoms with E-state index < -0.39 is 18.0 Å². The molecule has 0 aliphatic heterocycles. The summed E-state index contributed by atoms with van der Waals surface area (Å²) < 4.78 is 11.7. The summed E-state index contributed by atoms with van der Waals surface area (Å²) >= 11 is 1.09. The maximum absolute atomic E-state index is 12.1. The number of anilines is 1. The van der Waals surface area contributed by atoms with Crippen molar-refractivity contribution in [1.29, 1.82) is 0 Å². The zero-order valence-electron chi connectivity index (χ0n) is 14.3. The Bertz CT molecular complexity index is 794. The highest BCUT2D eigenvalue weighted by molar-refractivity contribution is 7.07. The van der Waals surface area contributed by atoms with Gasteiger partial charge in [-0.3, -0.25) is 14.4 Å².